The average Bonchev–Trinajstić information content (AvgIpc) is 2.98. The average molecular weight is 344 g/mol. The van der Waals surface area contributed by atoms with Crippen molar-refractivity contribution in [2.75, 3.05) is 0 Å². The molecule has 1 aliphatic heterocycles. The highest BCUT2D eigenvalue weighted by molar-refractivity contribution is 7.87. The molecule has 0 amide bonds. The summed E-state index contributed by atoms with van der Waals surface area (Å²) in [7, 11) is -3.55. The number of hydrogen-bond acceptors (Lipinski definition) is 3. The molecule has 2 aromatic carbocycles. The number of nitrogens with one attached hydrogen (secondary N) is 1. The Hall–Kier alpha value is -1.89. The summed E-state index contributed by atoms with van der Waals surface area (Å²) in [5.74, 6) is 0.687. The van der Waals surface area contributed by atoms with E-state index in [0.717, 1.165) is 11.1 Å². The Morgan fingerprint density at radius 2 is 1.79 bits per heavy atom. The van der Waals surface area contributed by atoms with E-state index < -0.39 is 10.2 Å². The van der Waals surface area contributed by atoms with Gasteiger partial charge in [0.25, 0.3) is 10.2 Å². The van der Waals surface area contributed by atoms with E-state index >= 15 is 0 Å². The summed E-state index contributed by atoms with van der Waals surface area (Å²) in [5, 5.41) is 9.55. The number of phenols is 1. The maximum absolute atomic E-state index is 12.7. The summed E-state index contributed by atoms with van der Waals surface area (Å²) < 4.78 is 29.7. The maximum atomic E-state index is 12.7. The van der Waals surface area contributed by atoms with E-state index in [-0.39, 0.29) is 23.6 Å². The number of aromatic hydroxyl groups is 1. The predicted molar refractivity (Wildman–Crippen MR) is 91.5 cm³/mol. The van der Waals surface area contributed by atoms with Gasteiger partial charge in [-0.25, -0.2) is 0 Å². The van der Waals surface area contributed by atoms with Crippen LogP contribution in [0.4, 0.5) is 0 Å². The molecule has 0 aromatic heterocycles. The molecular weight excluding hydrogens is 324 g/mol. The minimum atomic E-state index is -3.55. The van der Waals surface area contributed by atoms with E-state index in [1.807, 2.05) is 30.3 Å². The molecule has 2 aromatic rings. The number of fused-ring (bicyclic) bond motifs is 1. The van der Waals surface area contributed by atoms with Gasteiger partial charge in [0.15, 0.2) is 0 Å². The highest BCUT2D eigenvalue weighted by atomic mass is 32.2. The van der Waals surface area contributed by atoms with Crippen molar-refractivity contribution >= 4 is 10.2 Å². The van der Waals surface area contributed by atoms with Crippen LogP contribution in [0.2, 0.25) is 0 Å². The molecule has 126 valence electrons. The van der Waals surface area contributed by atoms with E-state index in [1.54, 1.807) is 18.2 Å². The Bertz CT molecular complexity index is 867. The van der Waals surface area contributed by atoms with Crippen LogP contribution in [0.25, 0.3) is 0 Å². The fourth-order valence-corrected chi connectivity index (χ4v) is 5.07. The van der Waals surface area contributed by atoms with Crippen LogP contribution in [0.1, 0.15) is 29.5 Å². The topological polar surface area (TPSA) is 69.6 Å². The molecule has 3 atom stereocenters. The molecule has 0 bridgehead atoms. The Labute approximate surface area is 142 Å². The van der Waals surface area contributed by atoms with Crippen LogP contribution in [0.5, 0.6) is 5.75 Å². The van der Waals surface area contributed by atoms with Gasteiger partial charge in [0, 0.05) is 25.0 Å². The van der Waals surface area contributed by atoms with Crippen molar-refractivity contribution in [2.24, 2.45) is 5.92 Å². The quantitative estimate of drug-likeness (QED) is 0.894. The molecule has 4 rings (SSSR count). The fraction of sp³-hybridized carbons (Fsp3) is 0.333. The van der Waals surface area contributed by atoms with Crippen LogP contribution in [-0.2, 0) is 23.3 Å². The normalized spacial score (nSPS) is 26.3. The highest BCUT2D eigenvalue weighted by Gasteiger charge is 2.50. The van der Waals surface area contributed by atoms with Gasteiger partial charge in [-0.2, -0.15) is 17.4 Å². The first-order valence-corrected chi connectivity index (χ1v) is 9.53. The summed E-state index contributed by atoms with van der Waals surface area (Å²) in [6.45, 7) is 2.72. The molecule has 0 saturated heterocycles. The first kappa shape index (κ1) is 15.6. The molecule has 1 aliphatic carbocycles. The van der Waals surface area contributed by atoms with Crippen molar-refractivity contribution in [1.82, 2.24) is 9.03 Å². The van der Waals surface area contributed by atoms with E-state index in [0.29, 0.717) is 13.1 Å². The number of nitrogens with zero attached hydrogens (tertiary/aromatic N) is 1. The second-order valence-corrected chi connectivity index (χ2v) is 8.37. The lowest BCUT2D eigenvalue weighted by Gasteiger charge is -2.16. The van der Waals surface area contributed by atoms with Gasteiger partial charge in [-0.1, -0.05) is 43.3 Å². The lowest BCUT2D eigenvalue weighted by molar-refractivity contribution is 0.419. The maximum Gasteiger partial charge on any atom is 0.280 e. The second-order valence-electron chi connectivity index (χ2n) is 6.67. The lowest BCUT2D eigenvalue weighted by atomic mass is 10.1. The number of benzene rings is 2. The van der Waals surface area contributed by atoms with Crippen LogP contribution in [0.15, 0.2) is 48.5 Å². The van der Waals surface area contributed by atoms with Gasteiger partial charge >= 0.3 is 0 Å². The zero-order chi connectivity index (χ0) is 16.9. The Morgan fingerprint density at radius 3 is 2.54 bits per heavy atom. The van der Waals surface area contributed by atoms with Crippen LogP contribution in [-0.4, -0.2) is 23.9 Å². The second kappa shape index (κ2) is 5.58. The summed E-state index contributed by atoms with van der Waals surface area (Å²) >= 11 is 0. The standard InChI is InChI=1S/C18H20N2O3S/c1-12-17(13-5-3-2-4-6-13)18(12)19-24(22,23)20-10-14-7-8-16(21)9-15(14)11-20/h2-9,12,17-19,21H,10-11H2,1H3/t12-,17-,18+/m1/s1. The van der Waals surface area contributed by atoms with Gasteiger partial charge in [0.1, 0.15) is 5.75 Å². The molecule has 1 saturated carbocycles. The summed E-state index contributed by atoms with van der Waals surface area (Å²) in [6.07, 6.45) is 0. The molecule has 6 heteroatoms. The van der Waals surface area contributed by atoms with Crippen molar-refractivity contribution in [2.45, 2.75) is 32.0 Å². The van der Waals surface area contributed by atoms with Gasteiger partial charge in [0.2, 0.25) is 0 Å². The molecular formula is C18H20N2O3S. The van der Waals surface area contributed by atoms with E-state index in [4.69, 9.17) is 0 Å². The van der Waals surface area contributed by atoms with E-state index in [1.165, 1.54) is 9.87 Å². The van der Waals surface area contributed by atoms with E-state index in [9.17, 15) is 13.5 Å². The first-order chi connectivity index (χ1) is 11.5. The Balaban J connectivity index is 1.48. The van der Waals surface area contributed by atoms with Crippen molar-refractivity contribution in [3.05, 3.63) is 65.2 Å². The summed E-state index contributed by atoms with van der Waals surface area (Å²) in [6, 6.07) is 15.0. The summed E-state index contributed by atoms with van der Waals surface area (Å²) in [5.41, 5.74) is 2.98. The van der Waals surface area contributed by atoms with Gasteiger partial charge in [-0.15, -0.1) is 0 Å². The van der Waals surface area contributed by atoms with Gasteiger partial charge < -0.3 is 5.11 Å². The van der Waals surface area contributed by atoms with Gasteiger partial charge in [-0.3, -0.25) is 0 Å². The molecule has 0 unspecified atom stereocenters. The molecule has 24 heavy (non-hydrogen) atoms. The minimum absolute atomic E-state index is 0.0606. The van der Waals surface area contributed by atoms with Crippen LogP contribution < -0.4 is 4.72 Å². The fourth-order valence-electron chi connectivity index (χ4n) is 3.60. The minimum Gasteiger partial charge on any atom is -0.508 e. The molecule has 2 N–H and O–H groups in total. The third-order valence-corrected chi connectivity index (χ3v) is 6.58. The zero-order valence-corrected chi connectivity index (χ0v) is 14.2. The number of rotatable bonds is 4. The van der Waals surface area contributed by atoms with Crippen molar-refractivity contribution in [3.63, 3.8) is 0 Å². The summed E-state index contributed by atoms with van der Waals surface area (Å²) in [4.78, 5) is 0. The molecule has 2 aliphatic rings. The van der Waals surface area contributed by atoms with Crippen LogP contribution >= 0.6 is 0 Å². The van der Waals surface area contributed by atoms with Crippen LogP contribution in [0.3, 0.4) is 0 Å². The predicted octanol–water partition coefficient (Wildman–Crippen LogP) is 2.34. The van der Waals surface area contributed by atoms with E-state index in [2.05, 4.69) is 11.6 Å². The third kappa shape index (κ3) is 2.70. The highest BCUT2D eigenvalue weighted by Crippen LogP contribution is 2.47. The monoisotopic (exact) mass is 344 g/mol. The van der Waals surface area contributed by atoms with Gasteiger partial charge in [-0.05, 0) is 34.7 Å². The lowest BCUT2D eigenvalue weighted by Crippen LogP contribution is -2.39. The van der Waals surface area contributed by atoms with Crippen molar-refractivity contribution < 1.29 is 13.5 Å². The van der Waals surface area contributed by atoms with Crippen molar-refractivity contribution in [1.29, 1.82) is 0 Å². The number of hydrogen-bond donors (Lipinski definition) is 2. The van der Waals surface area contributed by atoms with Gasteiger partial charge in [0.05, 0.1) is 0 Å². The largest absolute Gasteiger partial charge is 0.508 e. The van der Waals surface area contributed by atoms with Crippen LogP contribution in [0, 0.1) is 5.92 Å². The third-order valence-electron chi connectivity index (χ3n) is 5.07. The first-order valence-electron chi connectivity index (χ1n) is 8.09. The molecule has 1 heterocycles. The Kier molecular flexibility index (Phi) is 3.63. The molecule has 1 fully saturated rings. The molecule has 0 radical (unpaired) electrons. The molecule has 5 nitrogen and oxygen atoms in total. The SMILES string of the molecule is C[C@H]1[C@H](NS(=O)(=O)N2Cc3ccc(O)cc3C2)[C@H]1c1ccccc1. The molecule has 0 spiro atoms. The smallest absolute Gasteiger partial charge is 0.280 e. The number of phenolic OH excluding ortho intramolecular Hbond substituents is 1. The Morgan fingerprint density at radius 1 is 1.08 bits per heavy atom. The zero-order valence-electron chi connectivity index (χ0n) is 13.4. The van der Waals surface area contributed by atoms with Crippen molar-refractivity contribution in [3.8, 4) is 5.75 Å².